The van der Waals surface area contributed by atoms with E-state index in [2.05, 4.69) is 32.6 Å². The fraction of sp³-hybridized carbons (Fsp3) is 0. The van der Waals surface area contributed by atoms with Gasteiger partial charge in [-0.15, -0.1) is 0 Å². The van der Waals surface area contributed by atoms with Gasteiger partial charge in [0, 0.05) is 39.5 Å². The van der Waals surface area contributed by atoms with Gasteiger partial charge in [0.25, 0.3) is 0 Å². The smallest absolute Gasteiger partial charge is 0.0357 e. The van der Waals surface area contributed by atoms with Crippen LogP contribution in [0.5, 0.6) is 0 Å². The summed E-state index contributed by atoms with van der Waals surface area (Å²) >= 11 is 2.30. The van der Waals surface area contributed by atoms with Crippen molar-refractivity contribution in [2.24, 2.45) is 0 Å². The van der Waals surface area contributed by atoms with Crippen LogP contribution in [0.25, 0.3) is 11.1 Å². The average molecular weight is 282 g/mol. The predicted molar refractivity (Wildman–Crippen MR) is 60.2 cm³/mol. The molecule has 13 heavy (non-hydrogen) atoms. The van der Waals surface area contributed by atoms with Crippen LogP contribution < -0.4 is 0 Å². The molecule has 0 aromatic carbocycles. The average Bonchev–Trinajstić information content (AvgIpc) is 2.20. The molecule has 2 aromatic heterocycles. The van der Waals surface area contributed by atoms with E-state index in [0.717, 1.165) is 11.1 Å². The fourth-order valence-corrected chi connectivity index (χ4v) is 1.72. The van der Waals surface area contributed by atoms with E-state index in [1.165, 1.54) is 3.57 Å². The number of hydrogen-bond donors (Lipinski definition) is 0. The molecule has 0 amide bonds. The largest absolute Gasteiger partial charge is 0.264 e. The highest BCUT2D eigenvalue weighted by molar-refractivity contribution is 14.1. The quantitative estimate of drug-likeness (QED) is 0.752. The van der Waals surface area contributed by atoms with E-state index in [1.54, 1.807) is 12.4 Å². The zero-order valence-electron chi connectivity index (χ0n) is 6.81. The number of nitrogens with zero attached hydrogens (tertiary/aromatic N) is 2. The number of hydrogen-bond acceptors (Lipinski definition) is 2. The molecule has 0 fully saturated rings. The second kappa shape index (κ2) is 3.83. The molecule has 2 rings (SSSR count). The Labute approximate surface area is 90.2 Å². The van der Waals surface area contributed by atoms with Gasteiger partial charge in [-0.25, -0.2) is 0 Å². The van der Waals surface area contributed by atoms with Crippen LogP contribution in [-0.4, -0.2) is 9.97 Å². The first-order valence-electron chi connectivity index (χ1n) is 3.88. The van der Waals surface area contributed by atoms with Crippen molar-refractivity contribution in [3.05, 3.63) is 46.6 Å². The lowest BCUT2D eigenvalue weighted by Crippen LogP contribution is -1.84. The molecule has 0 spiro atoms. The molecule has 0 saturated carbocycles. The lowest BCUT2D eigenvalue weighted by molar-refractivity contribution is 1.29. The molecule has 2 aromatic rings. The van der Waals surface area contributed by atoms with Gasteiger partial charge in [0.15, 0.2) is 0 Å². The predicted octanol–water partition coefficient (Wildman–Crippen LogP) is 2.75. The lowest BCUT2D eigenvalue weighted by atomic mass is 10.1. The molecule has 0 saturated heterocycles. The van der Waals surface area contributed by atoms with Crippen molar-refractivity contribution in [3.8, 4) is 11.1 Å². The van der Waals surface area contributed by atoms with Crippen molar-refractivity contribution >= 4 is 22.6 Å². The first-order chi connectivity index (χ1) is 6.38. The van der Waals surface area contributed by atoms with E-state index >= 15 is 0 Å². The van der Waals surface area contributed by atoms with E-state index in [9.17, 15) is 0 Å². The van der Waals surface area contributed by atoms with Crippen molar-refractivity contribution in [1.82, 2.24) is 9.97 Å². The fourth-order valence-electron chi connectivity index (χ4n) is 1.11. The van der Waals surface area contributed by atoms with Crippen LogP contribution in [0.15, 0.2) is 43.0 Å². The maximum atomic E-state index is 4.09. The summed E-state index contributed by atoms with van der Waals surface area (Å²) in [6.45, 7) is 0. The third-order valence-electron chi connectivity index (χ3n) is 1.74. The number of pyridine rings is 2. The van der Waals surface area contributed by atoms with Gasteiger partial charge in [0.2, 0.25) is 0 Å². The van der Waals surface area contributed by atoms with E-state index in [4.69, 9.17) is 0 Å². The molecule has 0 atom stereocenters. The Kier molecular flexibility index (Phi) is 2.54. The van der Waals surface area contributed by atoms with Crippen LogP contribution in [0.4, 0.5) is 0 Å². The van der Waals surface area contributed by atoms with Crippen molar-refractivity contribution in [1.29, 1.82) is 0 Å². The third kappa shape index (κ3) is 1.85. The van der Waals surface area contributed by atoms with E-state index < -0.39 is 0 Å². The Morgan fingerprint density at radius 3 is 2.54 bits per heavy atom. The molecular formula is C10H7IN2. The van der Waals surface area contributed by atoms with Crippen molar-refractivity contribution < 1.29 is 0 Å². The van der Waals surface area contributed by atoms with Crippen LogP contribution in [0.1, 0.15) is 0 Å². The summed E-state index contributed by atoms with van der Waals surface area (Å²) in [5.74, 6) is 0. The summed E-state index contributed by atoms with van der Waals surface area (Å²) in [6, 6.07) is 5.95. The first kappa shape index (κ1) is 8.62. The molecule has 0 aliphatic carbocycles. The highest BCUT2D eigenvalue weighted by Crippen LogP contribution is 2.22. The Morgan fingerprint density at radius 1 is 1.00 bits per heavy atom. The van der Waals surface area contributed by atoms with Crippen LogP contribution in [0.3, 0.4) is 0 Å². The zero-order valence-corrected chi connectivity index (χ0v) is 8.97. The Balaban J connectivity index is 2.54. The van der Waals surface area contributed by atoms with E-state index in [1.807, 2.05) is 30.6 Å². The highest BCUT2D eigenvalue weighted by atomic mass is 127. The first-order valence-corrected chi connectivity index (χ1v) is 4.96. The maximum Gasteiger partial charge on any atom is 0.0357 e. The molecule has 0 unspecified atom stereocenters. The standard InChI is InChI=1S/C10H7IN2/c11-10-3-5-13-7-9(10)8-2-1-4-12-6-8/h1-7H. The molecular weight excluding hydrogens is 275 g/mol. The van der Waals surface area contributed by atoms with Gasteiger partial charge in [0.1, 0.15) is 0 Å². The van der Waals surface area contributed by atoms with Crippen molar-refractivity contribution in [2.75, 3.05) is 0 Å². The maximum absolute atomic E-state index is 4.09. The van der Waals surface area contributed by atoms with Crippen molar-refractivity contribution in [2.45, 2.75) is 0 Å². The summed E-state index contributed by atoms with van der Waals surface area (Å²) in [4.78, 5) is 8.16. The van der Waals surface area contributed by atoms with Crippen LogP contribution in [0, 0.1) is 3.57 Å². The van der Waals surface area contributed by atoms with E-state index in [-0.39, 0.29) is 0 Å². The molecule has 0 N–H and O–H groups in total. The lowest BCUT2D eigenvalue weighted by Gasteiger charge is -2.01. The Bertz CT molecular complexity index is 401. The topological polar surface area (TPSA) is 25.8 Å². The van der Waals surface area contributed by atoms with Crippen molar-refractivity contribution in [3.63, 3.8) is 0 Å². The summed E-state index contributed by atoms with van der Waals surface area (Å²) in [6.07, 6.45) is 7.27. The molecule has 64 valence electrons. The van der Waals surface area contributed by atoms with Gasteiger partial charge in [-0.1, -0.05) is 6.07 Å². The molecule has 3 heteroatoms. The summed E-state index contributed by atoms with van der Waals surface area (Å²) in [5, 5.41) is 0. The van der Waals surface area contributed by atoms with Crippen LogP contribution in [0.2, 0.25) is 0 Å². The van der Waals surface area contributed by atoms with Crippen LogP contribution >= 0.6 is 22.6 Å². The van der Waals surface area contributed by atoms with E-state index in [0.29, 0.717) is 0 Å². The summed E-state index contributed by atoms with van der Waals surface area (Å²) < 4.78 is 1.20. The normalized spacial score (nSPS) is 9.92. The van der Waals surface area contributed by atoms with Gasteiger partial charge in [-0.05, 0) is 34.7 Å². The molecule has 0 radical (unpaired) electrons. The minimum absolute atomic E-state index is 1.11. The third-order valence-corrected chi connectivity index (χ3v) is 2.68. The number of rotatable bonds is 1. The van der Waals surface area contributed by atoms with Gasteiger partial charge in [-0.2, -0.15) is 0 Å². The highest BCUT2D eigenvalue weighted by Gasteiger charge is 2.00. The second-order valence-electron chi connectivity index (χ2n) is 2.60. The van der Waals surface area contributed by atoms with Crippen LogP contribution in [-0.2, 0) is 0 Å². The second-order valence-corrected chi connectivity index (χ2v) is 3.76. The minimum Gasteiger partial charge on any atom is -0.264 e. The molecule has 0 bridgehead atoms. The number of halogens is 1. The van der Waals surface area contributed by atoms with Gasteiger partial charge in [0.05, 0.1) is 0 Å². The summed E-state index contributed by atoms with van der Waals surface area (Å²) in [7, 11) is 0. The molecule has 0 aliphatic heterocycles. The van der Waals surface area contributed by atoms with Gasteiger partial charge < -0.3 is 0 Å². The van der Waals surface area contributed by atoms with Gasteiger partial charge >= 0.3 is 0 Å². The summed E-state index contributed by atoms with van der Waals surface area (Å²) in [5.41, 5.74) is 2.25. The molecule has 0 aliphatic rings. The van der Waals surface area contributed by atoms with Gasteiger partial charge in [-0.3, -0.25) is 9.97 Å². The Morgan fingerprint density at radius 2 is 1.85 bits per heavy atom. The molecule has 2 heterocycles. The molecule has 2 nitrogen and oxygen atoms in total. The minimum atomic E-state index is 1.11. The number of aromatic nitrogens is 2. The monoisotopic (exact) mass is 282 g/mol. The Hall–Kier alpha value is -0.970. The zero-order chi connectivity index (χ0) is 9.10. The SMILES string of the molecule is Ic1ccncc1-c1cccnc1.